The Bertz CT molecular complexity index is 4410. The number of hydrogen-bond donors (Lipinski definition) is 0. The van der Waals surface area contributed by atoms with E-state index in [1.165, 1.54) is 137 Å². The molecule has 3 heteroatoms. The molecule has 16 rings (SSSR count). The molecule has 2 heterocycles. The van der Waals surface area contributed by atoms with Crippen LogP contribution in [0.5, 0.6) is 0 Å². The third-order valence-corrected chi connectivity index (χ3v) is 16.2. The largest absolute Gasteiger partial charge is 0.311 e. The molecule has 0 fully saturated rings. The van der Waals surface area contributed by atoms with Crippen LogP contribution >= 0.6 is 0 Å². The smallest absolute Gasteiger partial charge is 0.252 e. The van der Waals surface area contributed by atoms with Gasteiger partial charge in [0.1, 0.15) is 0 Å². The first-order chi connectivity index (χ1) is 37.1. The van der Waals surface area contributed by atoms with Crippen LogP contribution in [0.4, 0.5) is 34.1 Å². The second-order valence-corrected chi connectivity index (χ2v) is 20.5. The molecule has 0 spiro atoms. The standard InChI is InChI=1S/C72H45BN2/c1-3-14-46(15-4-1)48-26-30-62(31-27-48)74-68-42-59-37-53-21-9-7-19-51(53)35-57(59)40-66(68)73-67-41-58-36-52-20-8-10-22-54(52)38-60(58)43-69(67)75(63-32-28-49(29-33-63)47-16-5-2-6-17-47)71-45-61(44-70(74)72(71)73)64-25-13-24-56-34-50-18-11-12-23-55(50)39-65(56)64/h1-45H. The molecule has 2 aliphatic heterocycles. The van der Waals surface area contributed by atoms with E-state index in [1.807, 2.05) is 0 Å². The van der Waals surface area contributed by atoms with Crippen LogP contribution in [0, 0.1) is 0 Å². The molecule has 0 aromatic heterocycles. The maximum atomic E-state index is 2.58. The zero-order valence-corrected chi connectivity index (χ0v) is 41.0. The number of benzene rings is 14. The van der Waals surface area contributed by atoms with Gasteiger partial charge in [0.05, 0.1) is 0 Å². The van der Waals surface area contributed by atoms with Gasteiger partial charge in [-0.25, -0.2) is 0 Å². The SMILES string of the molecule is c1ccc(-c2ccc(N3c4cc5cc6ccccc6cc5cc4B4c5cc6cc7ccccc7cc6cc5N(c5ccc(-c6ccccc6)cc5)c5cc(-c6cccc7cc8ccccc8cc67)cc3c54)cc2)cc1. The minimum atomic E-state index is -0.0862. The molecule has 0 saturated carbocycles. The average molecular weight is 949 g/mol. The van der Waals surface area contributed by atoms with Gasteiger partial charge in [-0.2, -0.15) is 0 Å². The third-order valence-electron chi connectivity index (χ3n) is 16.2. The average Bonchev–Trinajstić information content (AvgIpc) is 3.55. The van der Waals surface area contributed by atoms with Crippen molar-refractivity contribution in [3.8, 4) is 33.4 Å². The first-order valence-electron chi connectivity index (χ1n) is 26.1. The lowest BCUT2D eigenvalue weighted by molar-refractivity contribution is 1.26. The van der Waals surface area contributed by atoms with E-state index in [-0.39, 0.29) is 6.71 Å². The maximum absolute atomic E-state index is 2.58. The molecule has 0 amide bonds. The maximum Gasteiger partial charge on any atom is 0.252 e. The normalized spacial score (nSPS) is 12.7. The van der Waals surface area contributed by atoms with Crippen molar-refractivity contribution in [1.29, 1.82) is 0 Å². The van der Waals surface area contributed by atoms with Crippen LogP contribution in [0.2, 0.25) is 0 Å². The number of fused-ring (bicyclic) bond motifs is 10. The summed E-state index contributed by atoms with van der Waals surface area (Å²) in [5, 5.41) is 14.8. The monoisotopic (exact) mass is 948 g/mol. The Morgan fingerprint density at radius 2 is 0.587 bits per heavy atom. The van der Waals surface area contributed by atoms with Gasteiger partial charge in [-0.1, -0.05) is 188 Å². The van der Waals surface area contributed by atoms with E-state index in [0.29, 0.717) is 0 Å². The van der Waals surface area contributed by atoms with E-state index >= 15 is 0 Å². The summed E-state index contributed by atoms with van der Waals surface area (Å²) in [6, 6.07) is 102. The third kappa shape index (κ3) is 6.68. The molecule has 2 aliphatic rings. The molecule has 0 saturated heterocycles. The van der Waals surface area contributed by atoms with Gasteiger partial charge in [0.15, 0.2) is 0 Å². The predicted molar refractivity (Wildman–Crippen MR) is 322 cm³/mol. The number of hydrogen-bond acceptors (Lipinski definition) is 2. The van der Waals surface area contributed by atoms with Gasteiger partial charge in [-0.05, 0) is 199 Å². The molecule has 14 aromatic rings. The van der Waals surface area contributed by atoms with E-state index in [4.69, 9.17) is 0 Å². The summed E-state index contributed by atoms with van der Waals surface area (Å²) in [4.78, 5) is 5.16. The van der Waals surface area contributed by atoms with Gasteiger partial charge >= 0.3 is 0 Å². The fourth-order valence-corrected chi connectivity index (χ4v) is 12.7. The molecule has 0 unspecified atom stereocenters. The van der Waals surface area contributed by atoms with Gasteiger partial charge < -0.3 is 9.80 Å². The van der Waals surface area contributed by atoms with Crippen LogP contribution in [0.25, 0.3) is 98.0 Å². The first kappa shape index (κ1) is 41.9. The van der Waals surface area contributed by atoms with E-state index < -0.39 is 0 Å². The Morgan fingerprint density at radius 3 is 1.03 bits per heavy atom. The molecule has 14 aromatic carbocycles. The second kappa shape index (κ2) is 16.4. The molecule has 75 heavy (non-hydrogen) atoms. The zero-order chi connectivity index (χ0) is 49.1. The van der Waals surface area contributed by atoms with Gasteiger partial charge in [-0.15, -0.1) is 0 Å². The Kier molecular flexibility index (Phi) is 9.16. The lowest BCUT2D eigenvalue weighted by atomic mass is 9.33. The highest BCUT2D eigenvalue weighted by molar-refractivity contribution is 7.00. The molecule has 2 nitrogen and oxygen atoms in total. The molecule has 0 bridgehead atoms. The molecular formula is C72H45BN2. The Hall–Kier alpha value is -9.70. The topological polar surface area (TPSA) is 6.48 Å². The lowest BCUT2D eigenvalue weighted by Gasteiger charge is -2.45. The Balaban J connectivity index is 1.03. The summed E-state index contributed by atoms with van der Waals surface area (Å²) >= 11 is 0. The summed E-state index contributed by atoms with van der Waals surface area (Å²) in [6.07, 6.45) is 0. The molecule has 0 atom stereocenters. The van der Waals surface area contributed by atoms with E-state index in [9.17, 15) is 0 Å². The van der Waals surface area contributed by atoms with Crippen molar-refractivity contribution in [3.63, 3.8) is 0 Å². The quantitative estimate of drug-likeness (QED) is 0.125. The van der Waals surface area contributed by atoms with Gasteiger partial charge in [-0.3, -0.25) is 0 Å². The van der Waals surface area contributed by atoms with E-state index in [2.05, 4.69) is 283 Å². The summed E-state index contributed by atoms with van der Waals surface area (Å²) in [7, 11) is 0. The van der Waals surface area contributed by atoms with E-state index in [1.54, 1.807) is 0 Å². The van der Waals surface area contributed by atoms with Crippen molar-refractivity contribution in [2.75, 3.05) is 9.80 Å². The highest BCUT2D eigenvalue weighted by Gasteiger charge is 2.44. The summed E-state index contributed by atoms with van der Waals surface area (Å²) in [6.45, 7) is -0.0862. The van der Waals surface area contributed by atoms with Crippen LogP contribution in [0.1, 0.15) is 0 Å². The minimum absolute atomic E-state index is 0.0862. The highest BCUT2D eigenvalue weighted by Crippen LogP contribution is 2.49. The van der Waals surface area contributed by atoms with Crippen molar-refractivity contribution in [2.24, 2.45) is 0 Å². The number of nitrogens with zero attached hydrogens (tertiary/aromatic N) is 2. The lowest BCUT2D eigenvalue weighted by Crippen LogP contribution is -2.61. The van der Waals surface area contributed by atoms with Crippen LogP contribution < -0.4 is 26.2 Å². The van der Waals surface area contributed by atoms with Crippen molar-refractivity contribution in [2.45, 2.75) is 0 Å². The fraction of sp³-hybridized carbons (Fsp3) is 0. The summed E-state index contributed by atoms with van der Waals surface area (Å²) in [5.74, 6) is 0. The first-order valence-corrected chi connectivity index (χ1v) is 26.1. The molecule has 0 N–H and O–H groups in total. The van der Waals surface area contributed by atoms with Crippen molar-refractivity contribution in [1.82, 2.24) is 0 Å². The van der Waals surface area contributed by atoms with Crippen LogP contribution in [-0.2, 0) is 0 Å². The predicted octanol–water partition coefficient (Wildman–Crippen LogP) is 17.7. The minimum Gasteiger partial charge on any atom is -0.311 e. The number of anilines is 6. The van der Waals surface area contributed by atoms with Gasteiger partial charge in [0, 0.05) is 34.1 Å². The van der Waals surface area contributed by atoms with Crippen molar-refractivity contribution >= 4 is 122 Å². The van der Waals surface area contributed by atoms with E-state index in [0.717, 1.165) is 11.4 Å². The van der Waals surface area contributed by atoms with Crippen molar-refractivity contribution in [3.05, 3.63) is 273 Å². The molecule has 0 aliphatic carbocycles. The van der Waals surface area contributed by atoms with Gasteiger partial charge in [0.2, 0.25) is 0 Å². The Labute approximate surface area is 435 Å². The second-order valence-electron chi connectivity index (χ2n) is 20.5. The zero-order valence-electron chi connectivity index (χ0n) is 41.0. The van der Waals surface area contributed by atoms with Crippen LogP contribution in [0.15, 0.2) is 273 Å². The number of rotatable bonds is 5. The summed E-state index contributed by atoms with van der Waals surface area (Å²) in [5.41, 5.74) is 18.0. The van der Waals surface area contributed by atoms with Crippen LogP contribution in [0.3, 0.4) is 0 Å². The Morgan fingerprint density at radius 1 is 0.227 bits per heavy atom. The molecular weight excluding hydrogens is 904 g/mol. The van der Waals surface area contributed by atoms with Crippen molar-refractivity contribution < 1.29 is 0 Å². The summed E-state index contributed by atoms with van der Waals surface area (Å²) < 4.78 is 0. The molecule has 346 valence electrons. The van der Waals surface area contributed by atoms with Crippen LogP contribution in [-0.4, -0.2) is 6.71 Å². The molecule has 0 radical (unpaired) electrons. The van der Waals surface area contributed by atoms with Gasteiger partial charge in [0.25, 0.3) is 6.71 Å². The highest BCUT2D eigenvalue weighted by atomic mass is 15.2. The fourth-order valence-electron chi connectivity index (χ4n) is 12.7.